The molecule has 0 fully saturated rings. The van der Waals surface area contributed by atoms with Gasteiger partial charge in [0.2, 0.25) is 6.04 Å². The molecule has 0 bridgehead atoms. The molecule has 1 unspecified atom stereocenters. The molecule has 3 N–H and O–H groups in total. The van der Waals surface area contributed by atoms with Crippen LogP contribution in [0.25, 0.3) is 0 Å². The molecule has 3 aromatic rings. The lowest BCUT2D eigenvalue weighted by atomic mass is 10.0. The number of carbonyl (C=O) groups is 2. The number of hydrogen-bond donors (Lipinski definition) is 3. The summed E-state index contributed by atoms with van der Waals surface area (Å²) in [6, 6.07) is 12.8. The molecule has 0 aliphatic carbocycles. The number of azo groups is 1. The standard InChI is InChI=1S/C38H48ClN5O8S2/c1-2-3-4-5-6-7-8-9-10-11-12-13-14-17-26-53(48,49)30-23-20-28(21-24-30)44-38(47)35(42-41-33-25-22-29(45)27-32(33)39)36(43-44)40-37(46)31-18-15-16-19-34(31)54(50,51)52/h15-16,18-25,27,35,45H,2-14,17,26H2,1H3,(H,40,43,46)(H,50,51,52)/b42-41-. The summed E-state index contributed by atoms with van der Waals surface area (Å²) in [5.41, 5.74) is -0.156. The number of anilines is 1. The van der Waals surface area contributed by atoms with E-state index < -0.39 is 48.3 Å². The van der Waals surface area contributed by atoms with Crippen LogP contribution >= 0.6 is 11.6 Å². The maximum absolute atomic E-state index is 13.6. The summed E-state index contributed by atoms with van der Waals surface area (Å²) < 4.78 is 59.7. The molecule has 1 heterocycles. The molecular formula is C38H48ClN5O8S2. The number of rotatable bonds is 21. The fourth-order valence-corrected chi connectivity index (χ4v) is 8.26. The van der Waals surface area contributed by atoms with Gasteiger partial charge in [0, 0.05) is 6.07 Å². The number of sulfone groups is 1. The van der Waals surface area contributed by atoms with Crippen LogP contribution in [0.5, 0.6) is 5.75 Å². The number of benzene rings is 3. The number of nitrogens with zero attached hydrogens (tertiary/aromatic N) is 4. The molecule has 16 heteroatoms. The molecule has 3 aromatic carbocycles. The molecule has 1 atom stereocenters. The summed E-state index contributed by atoms with van der Waals surface area (Å²) in [6.07, 6.45) is 16.3. The smallest absolute Gasteiger partial charge is 0.295 e. The zero-order valence-electron chi connectivity index (χ0n) is 30.4. The van der Waals surface area contributed by atoms with Gasteiger partial charge in [-0.15, -0.1) is 5.10 Å². The van der Waals surface area contributed by atoms with Crippen LogP contribution in [0, 0.1) is 0 Å². The molecule has 13 nitrogen and oxygen atoms in total. The Balaban J connectivity index is 1.38. The first-order valence-corrected chi connectivity index (χ1v) is 21.8. The first kappa shape index (κ1) is 42.6. The summed E-state index contributed by atoms with van der Waals surface area (Å²) in [6.45, 7) is 2.23. The Labute approximate surface area is 322 Å². The van der Waals surface area contributed by atoms with Crippen LogP contribution in [0.2, 0.25) is 5.02 Å². The van der Waals surface area contributed by atoms with E-state index >= 15 is 0 Å². The van der Waals surface area contributed by atoms with Crippen LogP contribution in [0.4, 0.5) is 11.4 Å². The van der Waals surface area contributed by atoms with Crippen molar-refractivity contribution in [2.75, 3.05) is 10.8 Å². The molecule has 0 saturated carbocycles. The number of unbranched alkanes of at least 4 members (excludes halogenated alkanes) is 13. The molecule has 2 amide bonds. The van der Waals surface area contributed by atoms with Crippen molar-refractivity contribution in [2.45, 2.75) is 113 Å². The minimum absolute atomic E-state index is 0.00529. The maximum Gasteiger partial charge on any atom is 0.295 e. The third-order valence-electron chi connectivity index (χ3n) is 8.98. The molecule has 54 heavy (non-hydrogen) atoms. The number of halogens is 1. The molecule has 0 aromatic heterocycles. The fraction of sp³-hybridized carbons (Fsp3) is 0.447. The van der Waals surface area contributed by atoms with Crippen molar-refractivity contribution in [3.05, 3.63) is 77.3 Å². The van der Waals surface area contributed by atoms with Gasteiger partial charge >= 0.3 is 0 Å². The minimum Gasteiger partial charge on any atom is -0.508 e. The summed E-state index contributed by atoms with van der Waals surface area (Å²) in [7, 11) is -8.37. The largest absolute Gasteiger partial charge is 0.508 e. The number of carbonyl (C=O) groups excluding carboxylic acids is 2. The Morgan fingerprint density at radius 3 is 1.98 bits per heavy atom. The average molecular weight is 802 g/mol. The highest BCUT2D eigenvalue weighted by molar-refractivity contribution is 7.91. The third-order valence-corrected chi connectivity index (χ3v) is 12.0. The topological polar surface area (TPSA) is 195 Å². The van der Waals surface area contributed by atoms with Gasteiger partial charge in [0.05, 0.1) is 26.9 Å². The number of aromatic hydroxyl groups is 1. The maximum atomic E-state index is 13.6. The van der Waals surface area contributed by atoms with Crippen LogP contribution in [0.1, 0.15) is 107 Å². The van der Waals surface area contributed by atoms with E-state index in [-0.39, 0.29) is 38.6 Å². The second-order valence-corrected chi connectivity index (χ2v) is 17.1. The Bertz CT molecular complexity index is 2020. The summed E-state index contributed by atoms with van der Waals surface area (Å²) >= 11 is 6.14. The summed E-state index contributed by atoms with van der Waals surface area (Å²) in [5, 5.41) is 25.3. The monoisotopic (exact) mass is 801 g/mol. The van der Waals surface area contributed by atoms with E-state index in [0.717, 1.165) is 42.8 Å². The van der Waals surface area contributed by atoms with E-state index in [0.29, 0.717) is 6.42 Å². The van der Waals surface area contributed by atoms with E-state index in [9.17, 15) is 36.1 Å². The van der Waals surface area contributed by atoms with Gasteiger partial charge in [-0.3, -0.25) is 14.1 Å². The summed E-state index contributed by atoms with van der Waals surface area (Å²) in [4.78, 5) is 26.3. The first-order chi connectivity index (χ1) is 25.8. The molecule has 0 saturated heterocycles. The molecular weight excluding hydrogens is 754 g/mol. The highest BCUT2D eigenvalue weighted by atomic mass is 35.5. The van der Waals surface area contributed by atoms with Crippen molar-refractivity contribution in [3.8, 4) is 5.75 Å². The van der Waals surface area contributed by atoms with Gasteiger partial charge in [-0.05, 0) is 55.0 Å². The Morgan fingerprint density at radius 1 is 0.833 bits per heavy atom. The molecule has 0 spiro atoms. The highest BCUT2D eigenvalue weighted by Gasteiger charge is 2.39. The van der Waals surface area contributed by atoms with Gasteiger partial charge in [0.15, 0.2) is 15.7 Å². The van der Waals surface area contributed by atoms with Crippen molar-refractivity contribution in [2.24, 2.45) is 15.3 Å². The number of amidine groups is 1. The lowest BCUT2D eigenvalue weighted by Gasteiger charge is -2.13. The Morgan fingerprint density at radius 2 is 1.41 bits per heavy atom. The quantitative estimate of drug-likeness (QED) is 0.0540. The number of phenolic OH excluding ortho intramolecular Hbond substituents is 1. The van der Waals surface area contributed by atoms with Gasteiger partial charge in [-0.2, -0.15) is 23.7 Å². The lowest BCUT2D eigenvalue weighted by Crippen LogP contribution is -2.39. The van der Waals surface area contributed by atoms with E-state index in [2.05, 4.69) is 27.6 Å². The number of hydrogen-bond acceptors (Lipinski definition) is 10. The van der Waals surface area contributed by atoms with Crippen molar-refractivity contribution >= 4 is 60.6 Å². The van der Waals surface area contributed by atoms with Crippen LogP contribution in [-0.2, 0) is 24.7 Å². The highest BCUT2D eigenvalue weighted by Crippen LogP contribution is 2.30. The van der Waals surface area contributed by atoms with Crippen LogP contribution in [-0.4, -0.2) is 55.9 Å². The fourth-order valence-electron chi connectivity index (χ4n) is 5.99. The van der Waals surface area contributed by atoms with E-state index in [1.165, 1.54) is 112 Å². The van der Waals surface area contributed by atoms with Crippen LogP contribution in [0.15, 0.2) is 91.9 Å². The second kappa shape index (κ2) is 20.5. The van der Waals surface area contributed by atoms with Crippen molar-refractivity contribution in [1.29, 1.82) is 0 Å². The number of phenols is 1. The predicted octanol–water partition coefficient (Wildman–Crippen LogP) is 8.79. The summed E-state index contributed by atoms with van der Waals surface area (Å²) in [5.74, 6) is -2.24. The molecule has 0 radical (unpaired) electrons. The predicted molar refractivity (Wildman–Crippen MR) is 209 cm³/mol. The Kier molecular flexibility index (Phi) is 16.1. The van der Waals surface area contributed by atoms with Crippen molar-refractivity contribution < 1.29 is 36.1 Å². The molecule has 1 aliphatic rings. The van der Waals surface area contributed by atoms with E-state index in [1.54, 1.807) is 0 Å². The van der Waals surface area contributed by atoms with Gasteiger partial charge in [-0.1, -0.05) is 114 Å². The number of hydrazone groups is 1. The third kappa shape index (κ3) is 12.4. The number of amides is 2. The van der Waals surface area contributed by atoms with Gasteiger partial charge in [0.25, 0.3) is 21.9 Å². The van der Waals surface area contributed by atoms with E-state index in [4.69, 9.17) is 11.6 Å². The zero-order valence-corrected chi connectivity index (χ0v) is 32.8. The van der Waals surface area contributed by atoms with E-state index in [1.807, 2.05) is 0 Å². The Hall–Kier alpha value is -4.18. The van der Waals surface area contributed by atoms with Gasteiger partial charge in [0.1, 0.15) is 16.3 Å². The van der Waals surface area contributed by atoms with Crippen LogP contribution in [0.3, 0.4) is 0 Å². The van der Waals surface area contributed by atoms with Gasteiger partial charge in [-0.25, -0.2) is 8.42 Å². The molecule has 4 rings (SSSR count). The molecule has 292 valence electrons. The second-order valence-electron chi connectivity index (χ2n) is 13.2. The lowest BCUT2D eigenvalue weighted by molar-refractivity contribution is -0.117. The van der Waals surface area contributed by atoms with Crippen molar-refractivity contribution in [3.63, 3.8) is 0 Å². The van der Waals surface area contributed by atoms with Gasteiger partial charge < -0.3 is 10.4 Å². The first-order valence-electron chi connectivity index (χ1n) is 18.3. The number of nitrogens with one attached hydrogen (secondary N) is 1. The molecule has 1 aliphatic heterocycles. The SMILES string of the molecule is CCCCCCCCCCCCCCCCS(=O)(=O)c1ccc(N2N=C(NC(=O)c3ccccc3S(=O)(=O)O)C(/N=N\c3ccc(O)cc3Cl)C2=O)cc1. The zero-order chi connectivity index (χ0) is 39.1. The van der Waals surface area contributed by atoms with Crippen LogP contribution < -0.4 is 10.3 Å². The van der Waals surface area contributed by atoms with Crippen molar-refractivity contribution in [1.82, 2.24) is 5.32 Å². The minimum atomic E-state index is -4.78. The average Bonchev–Trinajstić information content (AvgIpc) is 3.44. The normalized spacial score (nSPS) is 14.9.